The number of aryl methyl sites for hydroxylation is 2. The number of hydrogen-bond acceptors (Lipinski definition) is 4. The maximum atomic E-state index is 12.2. The van der Waals surface area contributed by atoms with Gasteiger partial charge in [0.25, 0.3) is 0 Å². The largest absolute Gasteiger partial charge is 0.324 e. The molecule has 0 aliphatic heterocycles. The van der Waals surface area contributed by atoms with Gasteiger partial charge in [-0.25, -0.2) is 0 Å². The second-order valence-corrected chi connectivity index (χ2v) is 6.43. The van der Waals surface area contributed by atoms with Crippen LogP contribution in [0.5, 0.6) is 0 Å². The molecular weight excluding hydrogens is 370 g/mol. The Balaban J connectivity index is 1.68. The minimum Gasteiger partial charge on any atom is -0.324 e. The molecule has 1 amide bonds. The average molecular weight is 386 g/mol. The normalized spacial score (nSPS) is 10.6. The molecular formula is C17H16BrN5O. The van der Waals surface area contributed by atoms with Crippen molar-refractivity contribution in [2.24, 2.45) is 0 Å². The maximum Gasteiger partial charge on any atom is 0.248 e. The van der Waals surface area contributed by atoms with Gasteiger partial charge in [-0.1, -0.05) is 33.6 Å². The summed E-state index contributed by atoms with van der Waals surface area (Å²) in [4.78, 5) is 13.5. The standard InChI is InChI=1S/C17H16BrN5O/c1-11-3-8-15(12(2)9-11)19-16(24)10-23-21-17(20-22-23)13-4-6-14(18)7-5-13/h3-9H,10H2,1-2H3,(H,19,24). The molecule has 6 nitrogen and oxygen atoms in total. The Morgan fingerprint density at radius 1 is 1.17 bits per heavy atom. The lowest BCUT2D eigenvalue weighted by Gasteiger charge is -2.08. The van der Waals surface area contributed by atoms with Gasteiger partial charge in [0, 0.05) is 15.7 Å². The van der Waals surface area contributed by atoms with E-state index in [9.17, 15) is 4.79 Å². The summed E-state index contributed by atoms with van der Waals surface area (Å²) in [6.45, 7) is 3.99. The molecule has 1 heterocycles. The Morgan fingerprint density at radius 2 is 1.92 bits per heavy atom. The second kappa shape index (κ2) is 6.92. The number of halogens is 1. The van der Waals surface area contributed by atoms with Crippen LogP contribution in [-0.2, 0) is 11.3 Å². The first-order valence-electron chi connectivity index (χ1n) is 7.42. The number of benzene rings is 2. The molecule has 0 saturated carbocycles. The molecule has 0 bridgehead atoms. The summed E-state index contributed by atoms with van der Waals surface area (Å²) in [5, 5.41) is 15.0. The monoisotopic (exact) mass is 385 g/mol. The molecule has 1 N–H and O–H groups in total. The number of carbonyl (C=O) groups is 1. The maximum absolute atomic E-state index is 12.2. The van der Waals surface area contributed by atoms with Gasteiger partial charge >= 0.3 is 0 Å². The number of rotatable bonds is 4. The lowest BCUT2D eigenvalue weighted by Crippen LogP contribution is -2.21. The van der Waals surface area contributed by atoms with Gasteiger partial charge in [-0.15, -0.1) is 10.2 Å². The highest BCUT2D eigenvalue weighted by Gasteiger charge is 2.10. The number of amides is 1. The van der Waals surface area contributed by atoms with Crippen LogP contribution < -0.4 is 5.32 Å². The summed E-state index contributed by atoms with van der Waals surface area (Å²) in [7, 11) is 0. The predicted molar refractivity (Wildman–Crippen MR) is 95.5 cm³/mol. The van der Waals surface area contributed by atoms with Crippen LogP contribution in [0.15, 0.2) is 46.9 Å². The number of nitrogens with one attached hydrogen (secondary N) is 1. The molecule has 24 heavy (non-hydrogen) atoms. The summed E-state index contributed by atoms with van der Waals surface area (Å²) in [6, 6.07) is 13.5. The molecule has 7 heteroatoms. The van der Waals surface area contributed by atoms with Gasteiger partial charge in [0.15, 0.2) is 0 Å². The smallest absolute Gasteiger partial charge is 0.248 e. The van der Waals surface area contributed by atoms with Crippen molar-refractivity contribution in [3.8, 4) is 11.4 Å². The first-order valence-corrected chi connectivity index (χ1v) is 8.21. The molecule has 0 saturated heterocycles. The van der Waals surface area contributed by atoms with Crippen LogP contribution in [0, 0.1) is 13.8 Å². The van der Waals surface area contributed by atoms with Crippen molar-refractivity contribution in [1.82, 2.24) is 20.2 Å². The average Bonchev–Trinajstić information content (AvgIpc) is 2.99. The molecule has 0 unspecified atom stereocenters. The fraction of sp³-hybridized carbons (Fsp3) is 0.176. The van der Waals surface area contributed by atoms with Gasteiger partial charge in [-0.05, 0) is 55.0 Å². The predicted octanol–water partition coefficient (Wildman–Crippen LogP) is 3.36. The van der Waals surface area contributed by atoms with Crippen LogP contribution in [-0.4, -0.2) is 26.1 Å². The van der Waals surface area contributed by atoms with Gasteiger partial charge in [0.2, 0.25) is 11.7 Å². The number of tetrazole rings is 1. The Hall–Kier alpha value is -2.54. The van der Waals surface area contributed by atoms with E-state index in [1.807, 2.05) is 56.3 Å². The van der Waals surface area contributed by atoms with Crippen molar-refractivity contribution >= 4 is 27.5 Å². The summed E-state index contributed by atoms with van der Waals surface area (Å²) >= 11 is 3.38. The minimum atomic E-state index is -0.193. The van der Waals surface area contributed by atoms with E-state index < -0.39 is 0 Å². The molecule has 122 valence electrons. The molecule has 0 atom stereocenters. The molecule has 0 spiro atoms. The Kier molecular flexibility index (Phi) is 4.71. The topological polar surface area (TPSA) is 72.7 Å². The van der Waals surface area contributed by atoms with Crippen LogP contribution in [0.25, 0.3) is 11.4 Å². The van der Waals surface area contributed by atoms with Gasteiger partial charge in [-0.2, -0.15) is 4.80 Å². The first-order chi connectivity index (χ1) is 11.5. The lowest BCUT2D eigenvalue weighted by molar-refractivity contribution is -0.117. The van der Waals surface area contributed by atoms with E-state index in [2.05, 4.69) is 36.7 Å². The highest BCUT2D eigenvalue weighted by atomic mass is 79.9. The van der Waals surface area contributed by atoms with Crippen LogP contribution in [0.1, 0.15) is 11.1 Å². The van der Waals surface area contributed by atoms with E-state index >= 15 is 0 Å². The zero-order valence-corrected chi connectivity index (χ0v) is 14.9. The molecule has 0 fully saturated rings. The molecule has 1 aromatic heterocycles. The number of anilines is 1. The minimum absolute atomic E-state index is 0.0108. The summed E-state index contributed by atoms with van der Waals surface area (Å²) in [6.07, 6.45) is 0. The molecule has 3 aromatic rings. The molecule has 0 radical (unpaired) electrons. The van der Waals surface area contributed by atoms with Crippen molar-refractivity contribution < 1.29 is 4.79 Å². The van der Waals surface area contributed by atoms with E-state index in [1.165, 1.54) is 4.80 Å². The summed E-state index contributed by atoms with van der Waals surface area (Å²) in [5.41, 5.74) is 3.81. The Morgan fingerprint density at radius 3 is 2.62 bits per heavy atom. The summed E-state index contributed by atoms with van der Waals surface area (Å²) in [5.74, 6) is 0.295. The Labute approximate surface area is 148 Å². The van der Waals surface area contributed by atoms with E-state index in [1.54, 1.807) is 0 Å². The number of aromatic nitrogens is 4. The third-order valence-electron chi connectivity index (χ3n) is 3.50. The second-order valence-electron chi connectivity index (χ2n) is 5.52. The quantitative estimate of drug-likeness (QED) is 0.747. The van der Waals surface area contributed by atoms with Crippen molar-refractivity contribution in [1.29, 1.82) is 0 Å². The van der Waals surface area contributed by atoms with Gasteiger partial charge in [-0.3, -0.25) is 4.79 Å². The molecule has 3 rings (SSSR count). The zero-order valence-electron chi connectivity index (χ0n) is 13.3. The fourth-order valence-corrected chi connectivity index (χ4v) is 2.56. The van der Waals surface area contributed by atoms with Crippen LogP contribution >= 0.6 is 15.9 Å². The number of nitrogens with zero attached hydrogens (tertiary/aromatic N) is 4. The van der Waals surface area contributed by atoms with Gasteiger partial charge < -0.3 is 5.32 Å². The number of carbonyl (C=O) groups excluding carboxylic acids is 1. The van der Waals surface area contributed by atoms with E-state index in [4.69, 9.17) is 0 Å². The van der Waals surface area contributed by atoms with E-state index in [-0.39, 0.29) is 12.5 Å². The van der Waals surface area contributed by atoms with Gasteiger partial charge in [0.05, 0.1) is 0 Å². The molecule has 0 aliphatic carbocycles. The third-order valence-corrected chi connectivity index (χ3v) is 4.02. The SMILES string of the molecule is Cc1ccc(NC(=O)Cn2nnc(-c3ccc(Br)cc3)n2)c(C)c1. The lowest BCUT2D eigenvalue weighted by atomic mass is 10.1. The van der Waals surface area contributed by atoms with Crippen molar-refractivity contribution in [2.75, 3.05) is 5.32 Å². The first kappa shape index (κ1) is 16.3. The van der Waals surface area contributed by atoms with Crippen LogP contribution in [0.3, 0.4) is 0 Å². The van der Waals surface area contributed by atoms with Crippen molar-refractivity contribution in [2.45, 2.75) is 20.4 Å². The highest BCUT2D eigenvalue weighted by Crippen LogP contribution is 2.18. The van der Waals surface area contributed by atoms with E-state index in [0.717, 1.165) is 26.9 Å². The Bertz CT molecular complexity index is 873. The zero-order chi connectivity index (χ0) is 17.1. The summed E-state index contributed by atoms with van der Waals surface area (Å²) < 4.78 is 0.978. The molecule has 0 aliphatic rings. The van der Waals surface area contributed by atoms with Crippen molar-refractivity contribution in [3.05, 3.63) is 58.1 Å². The number of hydrogen-bond donors (Lipinski definition) is 1. The van der Waals surface area contributed by atoms with E-state index in [0.29, 0.717) is 5.82 Å². The third kappa shape index (κ3) is 3.86. The van der Waals surface area contributed by atoms with Gasteiger partial charge in [0.1, 0.15) is 6.54 Å². The van der Waals surface area contributed by atoms with Crippen LogP contribution in [0.4, 0.5) is 5.69 Å². The van der Waals surface area contributed by atoms with Crippen LogP contribution in [0.2, 0.25) is 0 Å². The van der Waals surface area contributed by atoms with Crippen molar-refractivity contribution in [3.63, 3.8) is 0 Å². The fourth-order valence-electron chi connectivity index (χ4n) is 2.30. The molecule has 2 aromatic carbocycles. The highest BCUT2D eigenvalue weighted by molar-refractivity contribution is 9.10.